The zero-order chi connectivity index (χ0) is 11.4. The van der Waals surface area contributed by atoms with E-state index in [0.717, 1.165) is 6.54 Å². The molecule has 3 nitrogen and oxygen atoms in total. The Balaban J connectivity index is 2.13. The Morgan fingerprint density at radius 3 is 2.56 bits per heavy atom. The first-order valence-electron chi connectivity index (χ1n) is 6.81. The van der Waals surface area contributed by atoms with E-state index >= 15 is 0 Å². The third kappa shape index (κ3) is 2.13. The van der Waals surface area contributed by atoms with E-state index < -0.39 is 0 Å². The van der Waals surface area contributed by atoms with E-state index in [9.17, 15) is 0 Å². The summed E-state index contributed by atoms with van der Waals surface area (Å²) in [7, 11) is 1.85. The summed E-state index contributed by atoms with van der Waals surface area (Å²) in [4.78, 5) is 2.63. The van der Waals surface area contributed by atoms with Crippen LogP contribution in [0.5, 0.6) is 0 Å². The van der Waals surface area contributed by atoms with E-state index in [1.807, 2.05) is 7.11 Å². The van der Waals surface area contributed by atoms with Crippen molar-refractivity contribution in [3.63, 3.8) is 0 Å². The van der Waals surface area contributed by atoms with Crippen molar-refractivity contribution in [3.05, 3.63) is 0 Å². The van der Waals surface area contributed by atoms with Gasteiger partial charge < -0.3 is 10.5 Å². The molecular formula is C13H26N2O. The first kappa shape index (κ1) is 12.3. The lowest BCUT2D eigenvalue weighted by Gasteiger charge is -2.51. The fourth-order valence-corrected chi connectivity index (χ4v) is 3.59. The van der Waals surface area contributed by atoms with Crippen molar-refractivity contribution >= 4 is 0 Å². The number of methoxy groups -OCH3 is 1. The first-order valence-corrected chi connectivity index (χ1v) is 6.81. The average molecular weight is 226 g/mol. The zero-order valence-electron chi connectivity index (χ0n) is 10.6. The van der Waals surface area contributed by atoms with Crippen LogP contribution in [0.1, 0.15) is 44.9 Å². The number of nitrogens with zero attached hydrogens (tertiary/aromatic N) is 1. The van der Waals surface area contributed by atoms with Crippen LogP contribution in [0.15, 0.2) is 0 Å². The van der Waals surface area contributed by atoms with Crippen LogP contribution in [0.2, 0.25) is 0 Å². The normalized spacial score (nSPS) is 37.5. The molecular weight excluding hydrogens is 200 g/mol. The molecule has 2 atom stereocenters. The summed E-state index contributed by atoms with van der Waals surface area (Å²) in [5.41, 5.74) is 6.26. The second-order valence-electron chi connectivity index (χ2n) is 5.33. The number of ether oxygens (including phenoxy) is 1. The Hall–Kier alpha value is -0.120. The lowest BCUT2D eigenvalue weighted by molar-refractivity contribution is -0.0812. The fraction of sp³-hybridized carbons (Fsp3) is 1.00. The van der Waals surface area contributed by atoms with Crippen molar-refractivity contribution in [2.24, 2.45) is 5.73 Å². The van der Waals surface area contributed by atoms with Crippen LogP contribution < -0.4 is 5.73 Å². The Morgan fingerprint density at radius 1 is 1.19 bits per heavy atom. The van der Waals surface area contributed by atoms with E-state index in [0.29, 0.717) is 6.10 Å². The lowest BCUT2D eigenvalue weighted by Crippen LogP contribution is -2.64. The van der Waals surface area contributed by atoms with Gasteiger partial charge in [-0.15, -0.1) is 0 Å². The van der Waals surface area contributed by atoms with Crippen molar-refractivity contribution in [2.75, 3.05) is 26.7 Å². The largest absolute Gasteiger partial charge is 0.379 e. The Bertz CT molecular complexity index is 216. The first-order chi connectivity index (χ1) is 7.83. The van der Waals surface area contributed by atoms with E-state index in [4.69, 9.17) is 10.5 Å². The van der Waals surface area contributed by atoms with Gasteiger partial charge in [0, 0.05) is 13.7 Å². The molecule has 2 N–H and O–H groups in total. The van der Waals surface area contributed by atoms with E-state index in [1.165, 1.54) is 58.0 Å². The summed E-state index contributed by atoms with van der Waals surface area (Å²) in [6, 6.07) is 0. The molecule has 1 aliphatic heterocycles. The predicted molar refractivity (Wildman–Crippen MR) is 66.5 cm³/mol. The number of rotatable bonds is 3. The van der Waals surface area contributed by atoms with Gasteiger partial charge in [0.05, 0.1) is 11.6 Å². The molecule has 0 aromatic rings. The van der Waals surface area contributed by atoms with Gasteiger partial charge in [-0.1, -0.05) is 19.3 Å². The molecule has 1 saturated heterocycles. The summed E-state index contributed by atoms with van der Waals surface area (Å²) >= 11 is 0. The Morgan fingerprint density at radius 2 is 1.94 bits per heavy atom. The summed E-state index contributed by atoms with van der Waals surface area (Å²) in [6.07, 6.45) is 9.42. The minimum absolute atomic E-state index is 0.146. The van der Waals surface area contributed by atoms with Gasteiger partial charge in [-0.3, -0.25) is 4.90 Å². The van der Waals surface area contributed by atoms with Gasteiger partial charge in [0.1, 0.15) is 0 Å². The van der Waals surface area contributed by atoms with Crippen molar-refractivity contribution in [3.8, 4) is 0 Å². The molecule has 0 aromatic heterocycles. The molecule has 1 heterocycles. The van der Waals surface area contributed by atoms with Crippen molar-refractivity contribution in [1.29, 1.82) is 0 Å². The van der Waals surface area contributed by atoms with Crippen LogP contribution in [0.4, 0.5) is 0 Å². The highest BCUT2D eigenvalue weighted by molar-refractivity contribution is 5.01. The van der Waals surface area contributed by atoms with Gasteiger partial charge in [-0.2, -0.15) is 0 Å². The van der Waals surface area contributed by atoms with Gasteiger partial charge in [-0.05, 0) is 38.8 Å². The topological polar surface area (TPSA) is 38.5 Å². The Labute approximate surface area is 99.3 Å². The zero-order valence-corrected chi connectivity index (χ0v) is 10.6. The highest BCUT2D eigenvalue weighted by Crippen LogP contribution is 2.36. The smallest absolute Gasteiger partial charge is 0.0767 e. The van der Waals surface area contributed by atoms with Crippen LogP contribution in [-0.4, -0.2) is 43.3 Å². The molecule has 0 amide bonds. The van der Waals surface area contributed by atoms with Gasteiger partial charge >= 0.3 is 0 Å². The van der Waals surface area contributed by atoms with E-state index in [1.54, 1.807) is 0 Å². The molecule has 1 aliphatic carbocycles. The van der Waals surface area contributed by atoms with Gasteiger partial charge in [-0.25, -0.2) is 0 Å². The van der Waals surface area contributed by atoms with Crippen LogP contribution >= 0.6 is 0 Å². The van der Waals surface area contributed by atoms with Gasteiger partial charge in [0.2, 0.25) is 0 Å². The van der Waals surface area contributed by atoms with Gasteiger partial charge in [0.15, 0.2) is 0 Å². The SMILES string of the molecule is COC1CCCCC1(CN)N1CCCCC1. The second kappa shape index (κ2) is 5.48. The lowest BCUT2D eigenvalue weighted by atomic mass is 9.76. The van der Waals surface area contributed by atoms with E-state index in [-0.39, 0.29) is 5.54 Å². The van der Waals surface area contributed by atoms with Crippen molar-refractivity contribution in [1.82, 2.24) is 4.90 Å². The molecule has 16 heavy (non-hydrogen) atoms. The fourth-order valence-electron chi connectivity index (χ4n) is 3.59. The second-order valence-corrected chi connectivity index (χ2v) is 5.33. The predicted octanol–water partition coefficient (Wildman–Crippen LogP) is 1.76. The van der Waals surface area contributed by atoms with Crippen LogP contribution in [0, 0.1) is 0 Å². The van der Waals surface area contributed by atoms with Crippen LogP contribution in [-0.2, 0) is 4.74 Å². The van der Waals surface area contributed by atoms with Crippen molar-refractivity contribution in [2.45, 2.75) is 56.6 Å². The molecule has 0 aromatic carbocycles. The van der Waals surface area contributed by atoms with Crippen molar-refractivity contribution < 1.29 is 4.74 Å². The average Bonchev–Trinajstić information content (AvgIpc) is 2.39. The minimum atomic E-state index is 0.146. The molecule has 3 heteroatoms. The van der Waals surface area contributed by atoms with Crippen LogP contribution in [0.25, 0.3) is 0 Å². The highest BCUT2D eigenvalue weighted by atomic mass is 16.5. The monoisotopic (exact) mass is 226 g/mol. The summed E-state index contributed by atoms with van der Waals surface area (Å²) < 4.78 is 5.73. The molecule has 2 aliphatic rings. The molecule has 94 valence electrons. The molecule has 2 fully saturated rings. The maximum absolute atomic E-state index is 6.11. The maximum Gasteiger partial charge on any atom is 0.0767 e. The van der Waals surface area contributed by atoms with Gasteiger partial charge in [0.25, 0.3) is 0 Å². The van der Waals surface area contributed by atoms with E-state index in [2.05, 4.69) is 4.90 Å². The molecule has 2 unspecified atom stereocenters. The molecule has 0 radical (unpaired) electrons. The quantitative estimate of drug-likeness (QED) is 0.797. The third-order valence-corrected chi connectivity index (χ3v) is 4.55. The molecule has 0 spiro atoms. The molecule has 0 bridgehead atoms. The number of likely N-dealkylation sites (tertiary alicyclic amines) is 1. The Kier molecular flexibility index (Phi) is 4.22. The third-order valence-electron chi connectivity index (χ3n) is 4.55. The maximum atomic E-state index is 6.11. The minimum Gasteiger partial charge on any atom is -0.379 e. The summed E-state index contributed by atoms with van der Waals surface area (Å²) in [5, 5.41) is 0. The number of nitrogens with two attached hydrogens (primary N) is 1. The molecule has 2 rings (SSSR count). The highest BCUT2D eigenvalue weighted by Gasteiger charge is 2.44. The summed E-state index contributed by atoms with van der Waals surface area (Å²) in [5.74, 6) is 0. The number of piperidine rings is 1. The summed E-state index contributed by atoms with van der Waals surface area (Å²) in [6.45, 7) is 3.19. The van der Waals surface area contributed by atoms with Crippen LogP contribution in [0.3, 0.4) is 0 Å². The molecule has 1 saturated carbocycles. The standard InChI is InChI=1S/C13H26N2O/c1-16-12-7-3-4-8-13(12,11-14)15-9-5-2-6-10-15/h12H,2-11,14H2,1H3. The number of hydrogen-bond acceptors (Lipinski definition) is 3. The number of hydrogen-bond donors (Lipinski definition) is 1.